The van der Waals surface area contributed by atoms with E-state index in [0.717, 1.165) is 32.7 Å². The van der Waals surface area contributed by atoms with E-state index in [1.807, 2.05) is 0 Å². The number of amides is 2. The van der Waals surface area contributed by atoms with Gasteiger partial charge >= 0.3 is 6.03 Å². The smallest absolute Gasteiger partial charge is 0.321 e. The minimum absolute atomic E-state index is 0.000961. The molecule has 2 N–H and O–H groups in total. The molecular formula is C23H25Cl2F2N5O2S. The number of hydrogen-bond acceptors (Lipinski definition) is 6. The maximum atomic E-state index is 14.5. The summed E-state index contributed by atoms with van der Waals surface area (Å²) in [5, 5.41) is 6.23. The van der Waals surface area contributed by atoms with Crippen molar-refractivity contribution in [3.63, 3.8) is 0 Å². The first-order valence-corrected chi connectivity index (χ1v) is 12.7. The number of thiazole rings is 1. The molecule has 0 spiro atoms. The average molecular weight is 544 g/mol. The highest BCUT2D eigenvalue weighted by Gasteiger charge is 2.16. The number of likely N-dealkylation sites (N-methyl/N-ethyl adjacent to an activating group) is 1. The Morgan fingerprint density at radius 2 is 1.94 bits per heavy atom. The lowest BCUT2D eigenvalue weighted by Crippen LogP contribution is -2.47. The SMILES string of the molecule is CN1CCN(CCNC(=O)Nc2nc3cc(F)c(OCCc4c(F)ccc(Cl)c4Cl)cc3s2)CC1. The van der Waals surface area contributed by atoms with E-state index in [-0.39, 0.29) is 40.4 Å². The van der Waals surface area contributed by atoms with Crippen molar-refractivity contribution in [1.82, 2.24) is 20.1 Å². The molecule has 7 nitrogen and oxygen atoms in total. The van der Waals surface area contributed by atoms with Crippen LogP contribution in [-0.2, 0) is 6.42 Å². The van der Waals surface area contributed by atoms with Gasteiger partial charge < -0.3 is 15.0 Å². The number of piperazine rings is 1. The highest BCUT2D eigenvalue weighted by molar-refractivity contribution is 7.22. The zero-order valence-corrected chi connectivity index (χ0v) is 21.4. The Kier molecular flexibility index (Phi) is 8.61. The van der Waals surface area contributed by atoms with Gasteiger partial charge in [0.05, 0.1) is 26.9 Å². The van der Waals surface area contributed by atoms with Crippen molar-refractivity contribution in [2.75, 3.05) is 58.2 Å². The van der Waals surface area contributed by atoms with E-state index in [0.29, 0.717) is 21.9 Å². The molecule has 3 aromatic rings. The Balaban J connectivity index is 1.30. The first-order valence-electron chi connectivity index (χ1n) is 11.1. The largest absolute Gasteiger partial charge is 0.490 e. The van der Waals surface area contributed by atoms with Crippen molar-refractivity contribution in [2.24, 2.45) is 0 Å². The van der Waals surface area contributed by atoms with Crippen LogP contribution in [0.5, 0.6) is 5.75 Å². The van der Waals surface area contributed by atoms with Gasteiger partial charge in [-0.1, -0.05) is 34.5 Å². The zero-order chi connectivity index (χ0) is 24.9. The summed E-state index contributed by atoms with van der Waals surface area (Å²) in [6.07, 6.45) is 0.118. The maximum absolute atomic E-state index is 14.5. The van der Waals surface area contributed by atoms with E-state index < -0.39 is 11.6 Å². The van der Waals surface area contributed by atoms with Crippen LogP contribution in [-0.4, -0.2) is 73.7 Å². The highest BCUT2D eigenvalue weighted by Crippen LogP contribution is 2.32. The number of nitrogens with one attached hydrogen (secondary N) is 2. The Bertz CT molecular complexity index is 1200. The number of urea groups is 1. The Morgan fingerprint density at radius 3 is 2.71 bits per heavy atom. The lowest BCUT2D eigenvalue weighted by molar-refractivity contribution is 0.155. The molecule has 1 aromatic heterocycles. The van der Waals surface area contributed by atoms with E-state index in [4.69, 9.17) is 27.9 Å². The van der Waals surface area contributed by atoms with E-state index in [1.54, 1.807) is 0 Å². The maximum Gasteiger partial charge on any atom is 0.321 e. The van der Waals surface area contributed by atoms with E-state index >= 15 is 0 Å². The number of hydrogen-bond donors (Lipinski definition) is 2. The third-order valence-corrected chi connectivity index (χ3v) is 7.50. The molecule has 4 rings (SSSR count). The summed E-state index contributed by atoms with van der Waals surface area (Å²) in [7, 11) is 2.10. The number of nitrogens with zero attached hydrogens (tertiary/aromatic N) is 3. The number of aromatic nitrogens is 1. The van der Waals surface area contributed by atoms with Gasteiger partial charge in [-0.3, -0.25) is 10.2 Å². The van der Waals surface area contributed by atoms with Gasteiger partial charge in [0.15, 0.2) is 16.7 Å². The monoisotopic (exact) mass is 543 g/mol. The van der Waals surface area contributed by atoms with E-state index in [9.17, 15) is 13.6 Å². The van der Waals surface area contributed by atoms with Gasteiger partial charge in [0, 0.05) is 63.4 Å². The third kappa shape index (κ3) is 6.71. The van der Waals surface area contributed by atoms with Crippen molar-refractivity contribution < 1.29 is 18.3 Å². The second-order valence-electron chi connectivity index (χ2n) is 8.22. The number of carbonyl (C=O) groups is 1. The predicted octanol–water partition coefficient (Wildman–Crippen LogP) is 4.87. The molecule has 1 fully saturated rings. The molecule has 0 bridgehead atoms. The highest BCUT2D eigenvalue weighted by atomic mass is 35.5. The number of halogens is 4. The first kappa shape index (κ1) is 25.8. The van der Waals surface area contributed by atoms with Gasteiger partial charge in [-0.05, 0) is 19.2 Å². The minimum Gasteiger partial charge on any atom is -0.490 e. The third-order valence-electron chi connectivity index (χ3n) is 5.72. The van der Waals surface area contributed by atoms with Crippen molar-refractivity contribution >= 4 is 55.9 Å². The molecule has 0 saturated carbocycles. The van der Waals surface area contributed by atoms with Crippen LogP contribution in [0.15, 0.2) is 24.3 Å². The van der Waals surface area contributed by atoms with Gasteiger partial charge in [0.2, 0.25) is 0 Å². The summed E-state index contributed by atoms with van der Waals surface area (Å²) in [6.45, 7) is 5.29. The molecule has 1 saturated heterocycles. The van der Waals surface area contributed by atoms with Crippen LogP contribution < -0.4 is 15.4 Å². The van der Waals surface area contributed by atoms with Crippen molar-refractivity contribution in [1.29, 1.82) is 0 Å². The summed E-state index contributed by atoms with van der Waals surface area (Å²) in [6, 6.07) is 4.99. The summed E-state index contributed by atoms with van der Waals surface area (Å²) >= 11 is 13.2. The quantitative estimate of drug-likeness (QED) is 0.396. The number of carbonyl (C=O) groups excluding carboxylic acids is 1. The molecule has 0 aliphatic carbocycles. The molecule has 35 heavy (non-hydrogen) atoms. The van der Waals surface area contributed by atoms with Gasteiger partial charge in [0.25, 0.3) is 0 Å². The number of rotatable bonds is 8. The van der Waals surface area contributed by atoms with Crippen LogP contribution in [0, 0.1) is 11.6 Å². The molecule has 0 atom stereocenters. The summed E-state index contributed by atoms with van der Waals surface area (Å²) in [5.74, 6) is -1.11. The molecule has 0 unspecified atom stereocenters. The first-order chi connectivity index (χ1) is 16.8. The molecule has 2 heterocycles. The number of fused-ring (bicyclic) bond motifs is 1. The fourth-order valence-electron chi connectivity index (χ4n) is 3.70. The lowest BCUT2D eigenvalue weighted by Gasteiger charge is -2.32. The van der Waals surface area contributed by atoms with Gasteiger partial charge in [0.1, 0.15) is 5.82 Å². The van der Waals surface area contributed by atoms with Crippen molar-refractivity contribution in [3.05, 3.63) is 51.5 Å². The molecule has 12 heteroatoms. The Hall–Kier alpha value is -2.24. The molecule has 1 aliphatic rings. The minimum atomic E-state index is -0.608. The lowest BCUT2D eigenvalue weighted by atomic mass is 10.1. The van der Waals surface area contributed by atoms with Crippen LogP contribution in [0.2, 0.25) is 10.0 Å². The molecule has 188 valence electrons. The zero-order valence-electron chi connectivity index (χ0n) is 19.0. The van der Waals surface area contributed by atoms with E-state index in [1.165, 1.54) is 35.6 Å². The number of anilines is 1. The van der Waals surface area contributed by atoms with Crippen LogP contribution in [0.1, 0.15) is 5.56 Å². The second-order valence-corrected chi connectivity index (χ2v) is 10.0. The number of benzene rings is 2. The standard InChI is InChI=1S/C23H25Cl2F2N5O2S/c1-31-7-9-32(10-8-31)6-5-28-22(33)30-23-29-18-12-17(27)19(13-20(18)35-23)34-11-4-14-16(26)3-2-15(24)21(14)25/h2-3,12-13H,4-11H2,1H3,(H2,28,29,30,33). The fourth-order valence-corrected chi connectivity index (χ4v) is 4.99. The topological polar surface area (TPSA) is 69.7 Å². The van der Waals surface area contributed by atoms with Crippen LogP contribution in [0.3, 0.4) is 0 Å². The van der Waals surface area contributed by atoms with Gasteiger partial charge in [-0.2, -0.15) is 0 Å². The molecule has 2 amide bonds. The molecular weight excluding hydrogens is 519 g/mol. The van der Waals surface area contributed by atoms with Crippen LogP contribution in [0.4, 0.5) is 18.7 Å². The average Bonchev–Trinajstić information content (AvgIpc) is 3.20. The molecule has 2 aromatic carbocycles. The molecule has 0 radical (unpaired) electrons. The fraction of sp³-hybridized carbons (Fsp3) is 0.391. The molecule has 1 aliphatic heterocycles. The van der Waals surface area contributed by atoms with Crippen LogP contribution >= 0.6 is 34.5 Å². The Labute approximate surface area is 216 Å². The summed E-state index contributed by atoms with van der Waals surface area (Å²) in [5.41, 5.74) is 0.611. The number of ether oxygens (including phenoxy) is 1. The van der Waals surface area contributed by atoms with E-state index in [2.05, 4.69) is 32.5 Å². The van der Waals surface area contributed by atoms with Crippen molar-refractivity contribution in [3.8, 4) is 5.75 Å². The summed E-state index contributed by atoms with van der Waals surface area (Å²) in [4.78, 5) is 21.1. The normalized spacial score (nSPS) is 14.9. The van der Waals surface area contributed by atoms with Gasteiger partial charge in [-0.25, -0.2) is 18.6 Å². The van der Waals surface area contributed by atoms with Crippen LogP contribution in [0.25, 0.3) is 10.2 Å². The predicted molar refractivity (Wildman–Crippen MR) is 136 cm³/mol. The van der Waals surface area contributed by atoms with Crippen molar-refractivity contribution in [2.45, 2.75) is 6.42 Å². The summed E-state index contributed by atoms with van der Waals surface area (Å²) < 4.78 is 34.7. The Morgan fingerprint density at radius 1 is 1.17 bits per heavy atom. The second kappa shape index (κ2) is 11.7. The van der Waals surface area contributed by atoms with Gasteiger partial charge in [-0.15, -0.1) is 0 Å².